The maximum absolute atomic E-state index is 12.1. The van der Waals surface area contributed by atoms with Crippen molar-refractivity contribution in [2.24, 2.45) is 7.05 Å². The van der Waals surface area contributed by atoms with Crippen molar-refractivity contribution in [3.05, 3.63) is 33.9 Å². The summed E-state index contributed by atoms with van der Waals surface area (Å²) in [6.45, 7) is 0. The first kappa shape index (κ1) is 11.2. The number of aryl methyl sites for hydroxylation is 2. The average Bonchev–Trinajstić information content (AvgIpc) is 2.63. The number of hydrogen-bond acceptors (Lipinski definition) is 3. The van der Waals surface area contributed by atoms with E-state index < -0.39 is 0 Å². The number of H-pyrrole nitrogens is 1. The molecular weight excluding hydrogens is 228 g/mol. The number of aromatic nitrogens is 4. The van der Waals surface area contributed by atoms with Crippen LogP contribution >= 0.6 is 0 Å². The van der Waals surface area contributed by atoms with Crippen LogP contribution in [0.1, 0.15) is 30.5 Å². The summed E-state index contributed by atoms with van der Waals surface area (Å²) in [4.78, 5) is 19.5. The van der Waals surface area contributed by atoms with Gasteiger partial charge in [0.15, 0.2) is 5.82 Å². The van der Waals surface area contributed by atoms with Crippen LogP contribution in [0.15, 0.2) is 17.1 Å². The van der Waals surface area contributed by atoms with Crippen LogP contribution in [0.2, 0.25) is 0 Å². The number of rotatable bonds is 1. The SMILES string of the molecule is Cn1ccc(-c2nc3c(c(=O)[nH]2)CCCCC3)n1. The first-order chi connectivity index (χ1) is 8.74. The van der Waals surface area contributed by atoms with Crippen LogP contribution in [-0.2, 0) is 19.9 Å². The van der Waals surface area contributed by atoms with E-state index in [-0.39, 0.29) is 5.56 Å². The lowest BCUT2D eigenvalue weighted by molar-refractivity contribution is 0.708. The van der Waals surface area contributed by atoms with E-state index in [1.807, 2.05) is 19.3 Å². The van der Waals surface area contributed by atoms with Gasteiger partial charge in [0.05, 0.1) is 5.69 Å². The van der Waals surface area contributed by atoms with Crippen LogP contribution in [0.5, 0.6) is 0 Å². The van der Waals surface area contributed by atoms with Crippen LogP contribution in [0.4, 0.5) is 0 Å². The lowest BCUT2D eigenvalue weighted by Crippen LogP contribution is -2.18. The van der Waals surface area contributed by atoms with E-state index in [9.17, 15) is 4.79 Å². The van der Waals surface area contributed by atoms with E-state index in [1.54, 1.807) is 4.68 Å². The maximum atomic E-state index is 12.1. The summed E-state index contributed by atoms with van der Waals surface area (Å²) >= 11 is 0. The molecule has 2 aromatic rings. The maximum Gasteiger partial charge on any atom is 0.254 e. The van der Waals surface area contributed by atoms with Crippen molar-refractivity contribution in [3.8, 4) is 11.5 Å². The predicted octanol–water partition coefficient (Wildman–Crippen LogP) is 1.44. The van der Waals surface area contributed by atoms with Gasteiger partial charge in [-0.3, -0.25) is 9.48 Å². The highest BCUT2D eigenvalue weighted by Gasteiger charge is 2.15. The normalized spacial score (nSPS) is 15.2. The van der Waals surface area contributed by atoms with E-state index in [1.165, 1.54) is 6.42 Å². The van der Waals surface area contributed by atoms with Gasteiger partial charge < -0.3 is 4.98 Å². The molecule has 1 aliphatic carbocycles. The Balaban J connectivity index is 2.10. The molecule has 0 aliphatic heterocycles. The Morgan fingerprint density at radius 3 is 2.89 bits per heavy atom. The van der Waals surface area contributed by atoms with Crippen molar-refractivity contribution < 1.29 is 0 Å². The third-order valence-corrected chi connectivity index (χ3v) is 3.40. The Kier molecular flexibility index (Phi) is 2.74. The van der Waals surface area contributed by atoms with E-state index in [2.05, 4.69) is 15.1 Å². The van der Waals surface area contributed by atoms with Gasteiger partial charge in [-0.1, -0.05) is 6.42 Å². The molecule has 18 heavy (non-hydrogen) atoms. The van der Waals surface area contributed by atoms with Gasteiger partial charge in [-0.05, 0) is 31.7 Å². The molecule has 0 aromatic carbocycles. The molecule has 0 radical (unpaired) electrons. The largest absolute Gasteiger partial charge is 0.305 e. The van der Waals surface area contributed by atoms with Crippen LogP contribution in [0, 0.1) is 0 Å². The molecule has 94 valence electrons. The third kappa shape index (κ3) is 1.96. The molecule has 0 fully saturated rings. The fourth-order valence-electron chi connectivity index (χ4n) is 2.44. The Bertz CT molecular complexity index is 626. The summed E-state index contributed by atoms with van der Waals surface area (Å²) in [6.07, 6.45) is 6.97. The fraction of sp³-hybridized carbons (Fsp3) is 0.462. The molecule has 0 bridgehead atoms. The Morgan fingerprint density at radius 1 is 1.28 bits per heavy atom. The standard InChI is InChI=1S/C13H16N4O/c1-17-8-7-11(16-17)12-14-10-6-4-2-3-5-9(10)13(18)15-12/h7-8H,2-6H2,1H3,(H,14,15,18). The first-order valence-corrected chi connectivity index (χ1v) is 6.36. The zero-order valence-corrected chi connectivity index (χ0v) is 10.4. The average molecular weight is 244 g/mol. The van der Waals surface area contributed by atoms with Gasteiger partial charge in [-0.25, -0.2) is 4.98 Å². The molecule has 0 amide bonds. The van der Waals surface area contributed by atoms with Gasteiger partial charge >= 0.3 is 0 Å². The van der Waals surface area contributed by atoms with Crippen LogP contribution in [0.25, 0.3) is 11.5 Å². The number of nitrogens with one attached hydrogen (secondary N) is 1. The first-order valence-electron chi connectivity index (χ1n) is 6.36. The third-order valence-electron chi connectivity index (χ3n) is 3.40. The van der Waals surface area contributed by atoms with Crippen LogP contribution < -0.4 is 5.56 Å². The number of aromatic amines is 1. The molecular formula is C13H16N4O. The minimum Gasteiger partial charge on any atom is -0.305 e. The molecule has 0 saturated carbocycles. The van der Waals surface area contributed by atoms with E-state index in [0.717, 1.165) is 42.6 Å². The van der Waals surface area contributed by atoms with Crippen molar-refractivity contribution in [1.29, 1.82) is 0 Å². The lowest BCUT2D eigenvalue weighted by atomic mass is 10.1. The van der Waals surface area contributed by atoms with Gasteiger partial charge in [0.1, 0.15) is 5.69 Å². The minimum absolute atomic E-state index is 0.00236. The van der Waals surface area contributed by atoms with Gasteiger partial charge in [0.2, 0.25) is 0 Å². The highest BCUT2D eigenvalue weighted by molar-refractivity contribution is 5.48. The lowest BCUT2D eigenvalue weighted by Gasteiger charge is -2.05. The molecule has 1 aliphatic rings. The molecule has 1 N–H and O–H groups in total. The van der Waals surface area contributed by atoms with E-state index >= 15 is 0 Å². The molecule has 2 heterocycles. The quantitative estimate of drug-likeness (QED) is 0.772. The smallest absolute Gasteiger partial charge is 0.254 e. The number of nitrogens with zero attached hydrogens (tertiary/aromatic N) is 3. The zero-order valence-electron chi connectivity index (χ0n) is 10.4. The van der Waals surface area contributed by atoms with Gasteiger partial charge in [-0.15, -0.1) is 0 Å². The molecule has 0 spiro atoms. The zero-order chi connectivity index (χ0) is 12.5. The number of hydrogen-bond donors (Lipinski definition) is 1. The number of fused-ring (bicyclic) bond motifs is 1. The Hall–Kier alpha value is -1.91. The van der Waals surface area contributed by atoms with Crippen molar-refractivity contribution >= 4 is 0 Å². The van der Waals surface area contributed by atoms with Crippen molar-refractivity contribution in [1.82, 2.24) is 19.7 Å². The van der Waals surface area contributed by atoms with E-state index in [4.69, 9.17) is 0 Å². The molecule has 0 saturated heterocycles. The second-order valence-corrected chi connectivity index (χ2v) is 4.78. The fourth-order valence-corrected chi connectivity index (χ4v) is 2.44. The minimum atomic E-state index is 0.00236. The molecule has 3 rings (SSSR count). The van der Waals surface area contributed by atoms with Crippen LogP contribution in [-0.4, -0.2) is 19.7 Å². The summed E-state index contributed by atoms with van der Waals surface area (Å²) in [7, 11) is 1.85. The van der Waals surface area contributed by atoms with Crippen LogP contribution in [0.3, 0.4) is 0 Å². The molecule has 0 atom stereocenters. The highest BCUT2D eigenvalue weighted by Crippen LogP contribution is 2.18. The topological polar surface area (TPSA) is 63.6 Å². The van der Waals surface area contributed by atoms with Gasteiger partial charge in [0.25, 0.3) is 5.56 Å². The van der Waals surface area contributed by atoms with Gasteiger partial charge in [-0.2, -0.15) is 5.10 Å². The van der Waals surface area contributed by atoms with E-state index in [0.29, 0.717) is 5.82 Å². The highest BCUT2D eigenvalue weighted by atomic mass is 16.1. The second kappa shape index (κ2) is 4.40. The summed E-state index contributed by atoms with van der Waals surface area (Å²) < 4.78 is 1.71. The molecule has 0 unspecified atom stereocenters. The Labute approximate surface area is 105 Å². The second-order valence-electron chi connectivity index (χ2n) is 4.78. The molecule has 5 nitrogen and oxygen atoms in total. The Morgan fingerprint density at radius 2 is 2.11 bits per heavy atom. The summed E-state index contributed by atoms with van der Waals surface area (Å²) in [6, 6.07) is 1.86. The monoisotopic (exact) mass is 244 g/mol. The summed E-state index contributed by atoms with van der Waals surface area (Å²) in [5, 5.41) is 4.28. The summed E-state index contributed by atoms with van der Waals surface area (Å²) in [5.41, 5.74) is 2.55. The van der Waals surface area contributed by atoms with Crippen molar-refractivity contribution in [3.63, 3.8) is 0 Å². The molecule has 5 heteroatoms. The predicted molar refractivity (Wildman–Crippen MR) is 68.3 cm³/mol. The van der Waals surface area contributed by atoms with Crippen molar-refractivity contribution in [2.45, 2.75) is 32.1 Å². The van der Waals surface area contributed by atoms with Crippen molar-refractivity contribution in [2.75, 3.05) is 0 Å². The van der Waals surface area contributed by atoms with Gasteiger partial charge in [0, 0.05) is 18.8 Å². The summed E-state index contributed by atoms with van der Waals surface area (Å²) in [5.74, 6) is 0.584. The molecule has 2 aromatic heterocycles.